The topological polar surface area (TPSA) is 50.9 Å². The summed E-state index contributed by atoms with van der Waals surface area (Å²) in [6.45, 7) is 1.99. The Kier molecular flexibility index (Phi) is 2.15. The summed E-state index contributed by atoms with van der Waals surface area (Å²) < 4.78 is 0.986. The number of halogens is 1. The van der Waals surface area contributed by atoms with Crippen LogP contribution in [0.15, 0.2) is 10.7 Å². The number of nitrogens with one attached hydrogen (secondary N) is 1. The molecule has 1 aromatic rings. The van der Waals surface area contributed by atoms with Gasteiger partial charge >= 0.3 is 0 Å². The third-order valence-electron chi connectivity index (χ3n) is 2.22. The number of nitrogens with zero attached hydrogens (tertiary/aromatic N) is 1. The van der Waals surface area contributed by atoms with Gasteiger partial charge in [-0.3, -0.25) is 0 Å². The molecule has 0 unspecified atom stereocenters. The monoisotopic (exact) mass is 241 g/mol. The summed E-state index contributed by atoms with van der Waals surface area (Å²) in [5, 5.41) is 3.34. The van der Waals surface area contributed by atoms with Gasteiger partial charge in [-0.1, -0.05) is 0 Å². The minimum absolute atomic E-state index is 0.617. The van der Waals surface area contributed by atoms with Crippen LogP contribution >= 0.6 is 15.9 Å². The lowest BCUT2D eigenvalue weighted by molar-refractivity contribution is 1.10. The number of anilines is 2. The van der Waals surface area contributed by atoms with Crippen molar-refractivity contribution in [2.75, 3.05) is 11.1 Å². The molecule has 0 bridgehead atoms. The molecule has 1 aromatic heterocycles. The predicted octanol–water partition coefficient (Wildman–Crippen LogP) is 2.31. The molecule has 13 heavy (non-hydrogen) atoms. The summed E-state index contributed by atoms with van der Waals surface area (Å²) in [6.07, 6.45) is 4.19. The van der Waals surface area contributed by atoms with Gasteiger partial charge in [-0.15, -0.1) is 0 Å². The van der Waals surface area contributed by atoms with Gasteiger partial charge < -0.3 is 11.1 Å². The van der Waals surface area contributed by atoms with Crippen LogP contribution in [0.4, 0.5) is 11.5 Å². The standard InChI is InChI=1S/C9H12BrN3/c1-5-7(11)4-12-9(8(5)10)13-6-2-3-6/h4,6H,2-3,11H2,1H3,(H,12,13). The smallest absolute Gasteiger partial charge is 0.140 e. The van der Waals surface area contributed by atoms with Crippen LogP contribution in [0.25, 0.3) is 0 Å². The molecule has 0 aliphatic heterocycles. The van der Waals surface area contributed by atoms with E-state index in [4.69, 9.17) is 5.73 Å². The molecule has 1 heterocycles. The zero-order chi connectivity index (χ0) is 9.42. The first kappa shape index (κ1) is 8.81. The number of hydrogen-bond acceptors (Lipinski definition) is 3. The lowest BCUT2D eigenvalue weighted by atomic mass is 10.2. The fourth-order valence-electron chi connectivity index (χ4n) is 1.11. The average Bonchev–Trinajstić information content (AvgIpc) is 2.90. The highest BCUT2D eigenvalue weighted by molar-refractivity contribution is 9.10. The Balaban J connectivity index is 2.29. The second-order valence-electron chi connectivity index (χ2n) is 3.42. The Hall–Kier alpha value is -0.770. The van der Waals surface area contributed by atoms with Crippen molar-refractivity contribution in [2.45, 2.75) is 25.8 Å². The first-order valence-corrected chi connectivity index (χ1v) is 5.15. The van der Waals surface area contributed by atoms with Crippen LogP contribution in [0.2, 0.25) is 0 Å². The summed E-state index contributed by atoms with van der Waals surface area (Å²) in [7, 11) is 0. The van der Waals surface area contributed by atoms with Gasteiger partial charge in [-0.05, 0) is 41.3 Å². The Labute approximate surface area is 85.9 Å². The lowest BCUT2D eigenvalue weighted by Gasteiger charge is -2.09. The van der Waals surface area contributed by atoms with Gasteiger partial charge in [-0.2, -0.15) is 0 Å². The molecule has 1 aliphatic rings. The molecule has 3 N–H and O–H groups in total. The number of nitrogens with two attached hydrogens (primary N) is 1. The van der Waals surface area contributed by atoms with Crippen molar-refractivity contribution >= 4 is 27.4 Å². The number of aromatic nitrogens is 1. The highest BCUT2D eigenvalue weighted by Gasteiger charge is 2.22. The van der Waals surface area contributed by atoms with Crippen LogP contribution in [0.5, 0.6) is 0 Å². The van der Waals surface area contributed by atoms with Gasteiger partial charge in [0, 0.05) is 6.04 Å². The van der Waals surface area contributed by atoms with Crippen molar-refractivity contribution in [3.8, 4) is 0 Å². The zero-order valence-electron chi connectivity index (χ0n) is 7.47. The van der Waals surface area contributed by atoms with Gasteiger partial charge in [0.2, 0.25) is 0 Å². The molecule has 70 valence electrons. The van der Waals surface area contributed by atoms with E-state index in [9.17, 15) is 0 Å². The molecule has 1 saturated carbocycles. The minimum atomic E-state index is 0.617. The van der Waals surface area contributed by atoms with Crippen LogP contribution < -0.4 is 11.1 Å². The third-order valence-corrected chi connectivity index (χ3v) is 3.19. The number of rotatable bonds is 2. The maximum Gasteiger partial charge on any atom is 0.140 e. The minimum Gasteiger partial charge on any atom is -0.397 e. The van der Waals surface area contributed by atoms with E-state index >= 15 is 0 Å². The molecule has 0 saturated heterocycles. The maximum absolute atomic E-state index is 5.72. The first-order chi connectivity index (χ1) is 6.18. The summed E-state index contributed by atoms with van der Waals surface area (Å²) in [4.78, 5) is 4.24. The normalized spacial score (nSPS) is 15.8. The van der Waals surface area contributed by atoms with E-state index in [1.165, 1.54) is 12.8 Å². The van der Waals surface area contributed by atoms with E-state index in [0.29, 0.717) is 6.04 Å². The van der Waals surface area contributed by atoms with Crippen molar-refractivity contribution in [2.24, 2.45) is 0 Å². The zero-order valence-corrected chi connectivity index (χ0v) is 9.06. The number of hydrogen-bond donors (Lipinski definition) is 2. The largest absolute Gasteiger partial charge is 0.397 e. The van der Waals surface area contributed by atoms with E-state index in [-0.39, 0.29) is 0 Å². The van der Waals surface area contributed by atoms with Crippen molar-refractivity contribution in [3.05, 3.63) is 16.2 Å². The molecule has 0 spiro atoms. The fraction of sp³-hybridized carbons (Fsp3) is 0.444. The summed E-state index contributed by atoms with van der Waals surface area (Å²) in [5.41, 5.74) is 7.50. The quantitative estimate of drug-likeness (QED) is 0.836. The summed E-state index contributed by atoms with van der Waals surface area (Å²) in [6, 6.07) is 0.617. The predicted molar refractivity (Wildman–Crippen MR) is 57.7 cm³/mol. The number of pyridine rings is 1. The van der Waals surface area contributed by atoms with Crippen LogP contribution in [0.3, 0.4) is 0 Å². The molecule has 0 atom stereocenters. The van der Waals surface area contributed by atoms with Gasteiger partial charge in [0.05, 0.1) is 16.4 Å². The molecule has 2 rings (SSSR count). The summed E-state index contributed by atoms with van der Waals surface area (Å²) >= 11 is 3.48. The molecule has 0 aromatic carbocycles. The number of nitrogen functional groups attached to an aromatic ring is 1. The maximum atomic E-state index is 5.72. The van der Waals surface area contributed by atoms with E-state index < -0.39 is 0 Å². The molecule has 3 nitrogen and oxygen atoms in total. The molecule has 1 fully saturated rings. The van der Waals surface area contributed by atoms with Gasteiger partial charge in [0.1, 0.15) is 5.82 Å². The Bertz CT molecular complexity index is 334. The molecule has 4 heteroatoms. The van der Waals surface area contributed by atoms with Crippen LogP contribution in [-0.2, 0) is 0 Å². The van der Waals surface area contributed by atoms with Crippen LogP contribution in [0, 0.1) is 6.92 Å². The van der Waals surface area contributed by atoms with Crippen molar-refractivity contribution < 1.29 is 0 Å². The highest BCUT2D eigenvalue weighted by atomic mass is 79.9. The molecule has 1 aliphatic carbocycles. The molecule has 0 radical (unpaired) electrons. The van der Waals surface area contributed by atoms with E-state index in [1.807, 2.05) is 6.92 Å². The SMILES string of the molecule is Cc1c(N)cnc(NC2CC2)c1Br. The summed E-state index contributed by atoms with van der Waals surface area (Å²) in [5.74, 6) is 0.911. The van der Waals surface area contributed by atoms with E-state index in [2.05, 4.69) is 26.2 Å². The van der Waals surface area contributed by atoms with Crippen molar-refractivity contribution in [1.82, 2.24) is 4.98 Å². The first-order valence-electron chi connectivity index (χ1n) is 4.35. The van der Waals surface area contributed by atoms with E-state index in [1.54, 1.807) is 6.20 Å². The highest BCUT2D eigenvalue weighted by Crippen LogP contribution is 2.31. The third kappa shape index (κ3) is 1.77. The van der Waals surface area contributed by atoms with Crippen molar-refractivity contribution in [1.29, 1.82) is 0 Å². The van der Waals surface area contributed by atoms with Gasteiger partial charge in [0.25, 0.3) is 0 Å². The molecular weight excluding hydrogens is 230 g/mol. The van der Waals surface area contributed by atoms with Crippen molar-refractivity contribution in [3.63, 3.8) is 0 Å². The average molecular weight is 242 g/mol. The Morgan fingerprint density at radius 2 is 2.31 bits per heavy atom. The second-order valence-corrected chi connectivity index (χ2v) is 4.21. The van der Waals surface area contributed by atoms with E-state index in [0.717, 1.165) is 21.5 Å². The molecule has 0 amide bonds. The van der Waals surface area contributed by atoms with Crippen LogP contribution in [0.1, 0.15) is 18.4 Å². The Morgan fingerprint density at radius 3 is 2.92 bits per heavy atom. The lowest BCUT2D eigenvalue weighted by Crippen LogP contribution is -2.05. The van der Waals surface area contributed by atoms with Crippen LogP contribution in [-0.4, -0.2) is 11.0 Å². The fourth-order valence-corrected chi connectivity index (χ4v) is 1.56. The van der Waals surface area contributed by atoms with Gasteiger partial charge in [0.15, 0.2) is 0 Å². The second kappa shape index (κ2) is 3.18. The molecular formula is C9H12BrN3. The Morgan fingerprint density at radius 1 is 1.62 bits per heavy atom. The van der Waals surface area contributed by atoms with Gasteiger partial charge in [-0.25, -0.2) is 4.98 Å².